The van der Waals surface area contributed by atoms with Gasteiger partial charge in [0.15, 0.2) is 0 Å². The molecule has 2 heterocycles. The number of nitrogens with one attached hydrogen (secondary N) is 3. The number of carbonyl (C=O) groups excluding carboxylic acids is 3. The zero-order valence-corrected chi connectivity index (χ0v) is 19.6. The first-order chi connectivity index (χ1) is 15.4. The number of thioether (sulfide) groups is 1. The molecule has 3 amide bonds. The largest absolute Gasteiger partial charge is 0.480 e. The fourth-order valence-electron chi connectivity index (χ4n) is 4.20. The van der Waals surface area contributed by atoms with Crippen molar-refractivity contribution in [3.63, 3.8) is 0 Å². The van der Waals surface area contributed by atoms with E-state index in [9.17, 15) is 24.3 Å². The van der Waals surface area contributed by atoms with Gasteiger partial charge in [0, 0.05) is 6.54 Å². The van der Waals surface area contributed by atoms with E-state index in [1.54, 1.807) is 11.8 Å². The molecular formula is C21H37N5O5S. The number of rotatable bonds is 13. The molecule has 2 aliphatic heterocycles. The van der Waals surface area contributed by atoms with Crippen LogP contribution in [-0.4, -0.2) is 89.5 Å². The molecular weight excluding hydrogens is 434 g/mol. The van der Waals surface area contributed by atoms with E-state index in [0.29, 0.717) is 57.4 Å². The van der Waals surface area contributed by atoms with Crippen LogP contribution in [0, 0.1) is 0 Å². The molecule has 32 heavy (non-hydrogen) atoms. The fraction of sp³-hybridized carbons (Fsp3) is 0.810. The Hall–Kier alpha value is -1.85. The molecule has 10 nitrogen and oxygen atoms in total. The topological polar surface area (TPSA) is 154 Å². The highest BCUT2D eigenvalue weighted by atomic mass is 32.2. The molecule has 0 radical (unpaired) electrons. The van der Waals surface area contributed by atoms with Crippen molar-refractivity contribution in [1.29, 1.82) is 0 Å². The van der Waals surface area contributed by atoms with Gasteiger partial charge in [-0.15, -0.1) is 0 Å². The summed E-state index contributed by atoms with van der Waals surface area (Å²) in [5, 5.41) is 18.1. The average molecular weight is 472 g/mol. The Morgan fingerprint density at radius 2 is 1.84 bits per heavy atom. The quantitative estimate of drug-likeness (QED) is 0.229. The molecule has 0 aliphatic carbocycles. The average Bonchev–Trinajstić information content (AvgIpc) is 3.47. The molecule has 2 fully saturated rings. The van der Waals surface area contributed by atoms with Crippen LogP contribution >= 0.6 is 11.8 Å². The van der Waals surface area contributed by atoms with Gasteiger partial charge in [-0.3, -0.25) is 14.4 Å². The van der Waals surface area contributed by atoms with Gasteiger partial charge in [0.25, 0.3) is 0 Å². The zero-order chi connectivity index (χ0) is 23.5. The summed E-state index contributed by atoms with van der Waals surface area (Å²) in [7, 11) is 0. The number of carbonyl (C=O) groups is 4. The number of hydrogen-bond acceptors (Lipinski definition) is 7. The Morgan fingerprint density at radius 3 is 2.47 bits per heavy atom. The maximum atomic E-state index is 13.3. The Bertz CT molecular complexity index is 658. The van der Waals surface area contributed by atoms with Crippen molar-refractivity contribution in [3.8, 4) is 0 Å². The lowest BCUT2D eigenvalue weighted by Gasteiger charge is -2.30. The monoisotopic (exact) mass is 471 g/mol. The van der Waals surface area contributed by atoms with Crippen LogP contribution in [0.2, 0.25) is 0 Å². The predicted octanol–water partition coefficient (Wildman–Crippen LogP) is -0.334. The molecule has 6 N–H and O–H groups in total. The van der Waals surface area contributed by atoms with E-state index in [4.69, 9.17) is 5.73 Å². The third-order valence-corrected chi connectivity index (χ3v) is 6.65. The lowest BCUT2D eigenvalue weighted by molar-refractivity contribution is -0.145. The molecule has 0 aromatic rings. The summed E-state index contributed by atoms with van der Waals surface area (Å²) < 4.78 is 0. The molecule has 0 spiro atoms. The number of unbranched alkanes of at least 4 members (excludes halogenated alkanes) is 1. The van der Waals surface area contributed by atoms with Gasteiger partial charge in [0.1, 0.15) is 18.1 Å². The van der Waals surface area contributed by atoms with Crippen molar-refractivity contribution in [3.05, 3.63) is 0 Å². The minimum Gasteiger partial charge on any atom is -0.480 e. The van der Waals surface area contributed by atoms with E-state index in [2.05, 4.69) is 16.0 Å². The lowest BCUT2D eigenvalue weighted by atomic mass is 10.1. The van der Waals surface area contributed by atoms with Crippen LogP contribution in [0.5, 0.6) is 0 Å². The van der Waals surface area contributed by atoms with Gasteiger partial charge < -0.3 is 31.7 Å². The number of nitrogens with zero attached hydrogens (tertiary/aromatic N) is 1. The summed E-state index contributed by atoms with van der Waals surface area (Å²) in [6.45, 7) is 1.66. The van der Waals surface area contributed by atoms with Crippen LogP contribution in [0.15, 0.2) is 0 Å². The van der Waals surface area contributed by atoms with E-state index < -0.39 is 30.0 Å². The minimum absolute atomic E-state index is 0.187. The normalized spacial score (nSPS) is 22.4. The number of carboxylic acid groups (broad SMARTS) is 1. The molecule has 0 saturated carbocycles. The van der Waals surface area contributed by atoms with Gasteiger partial charge in [-0.25, -0.2) is 4.79 Å². The Balaban J connectivity index is 2.03. The van der Waals surface area contributed by atoms with Crippen LogP contribution in [0.1, 0.15) is 51.4 Å². The maximum absolute atomic E-state index is 13.3. The fourth-order valence-corrected chi connectivity index (χ4v) is 4.67. The van der Waals surface area contributed by atoms with Crippen LogP contribution in [0.4, 0.5) is 0 Å². The van der Waals surface area contributed by atoms with Crippen molar-refractivity contribution >= 4 is 35.5 Å². The summed E-state index contributed by atoms with van der Waals surface area (Å²) >= 11 is 1.59. The van der Waals surface area contributed by atoms with Crippen LogP contribution in [0.3, 0.4) is 0 Å². The van der Waals surface area contributed by atoms with E-state index in [1.807, 2.05) is 6.26 Å². The third kappa shape index (κ3) is 7.63. The first-order valence-corrected chi connectivity index (χ1v) is 12.8. The summed E-state index contributed by atoms with van der Waals surface area (Å²) in [6.07, 6.45) is 6.77. The van der Waals surface area contributed by atoms with Crippen LogP contribution in [-0.2, 0) is 19.2 Å². The smallest absolute Gasteiger partial charge is 0.326 e. The van der Waals surface area contributed by atoms with Crippen molar-refractivity contribution in [2.75, 3.05) is 31.6 Å². The van der Waals surface area contributed by atoms with E-state index in [0.717, 1.165) is 19.4 Å². The molecule has 0 aromatic heterocycles. The maximum Gasteiger partial charge on any atom is 0.326 e. The van der Waals surface area contributed by atoms with E-state index in [-0.39, 0.29) is 17.9 Å². The molecule has 2 saturated heterocycles. The van der Waals surface area contributed by atoms with Gasteiger partial charge in [-0.1, -0.05) is 0 Å². The number of aliphatic carboxylic acids is 1. The van der Waals surface area contributed by atoms with Crippen molar-refractivity contribution in [2.45, 2.75) is 75.5 Å². The highest BCUT2D eigenvalue weighted by Crippen LogP contribution is 2.20. The Labute approximate surface area is 193 Å². The Kier molecular flexibility index (Phi) is 11.3. The molecule has 2 rings (SSSR count). The molecule has 4 unspecified atom stereocenters. The van der Waals surface area contributed by atoms with Gasteiger partial charge in [0.2, 0.25) is 17.7 Å². The second kappa shape index (κ2) is 13.6. The molecule has 11 heteroatoms. The SMILES string of the molecule is CSCCC(NC(=O)C1CCCN1)C(=O)N1CCCC1C(=O)NC(CCCCN)C(=O)O. The number of nitrogens with two attached hydrogens (primary N) is 1. The number of likely N-dealkylation sites (tertiary alicyclic amines) is 1. The van der Waals surface area contributed by atoms with Gasteiger partial charge in [0.05, 0.1) is 6.04 Å². The molecule has 0 aromatic carbocycles. The summed E-state index contributed by atoms with van der Waals surface area (Å²) in [6, 6.07) is -2.73. The van der Waals surface area contributed by atoms with E-state index >= 15 is 0 Å². The second-order valence-corrected chi connectivity index (χ2v) is 9.35. The molecule has 0 bridgehead atoms. The highest BCUT2D eigenvalue weighted by Gasteiger charge is 2.39. The zero-order valence-electron chi connectivity index (χ0n) is 18.8. The Morgan fingerprint density at radius 1 is 1.09 bits per heavy atom. The first-order valence-electron chi connectivity index (χ1n) is 11.5. The van der Waals surface area contributed by atoms with Crippen molar-refractivity contribution in [2.24, 2.45) is 5.73 Å². The summed E-state index contributed by atoms with van der Waals surface area (Å²) in [5.74, 6) is -1.32. The standard InChI is InChI=1S/C21H37N5O5S/c1-32-13-9-15(24-18(27)14-7-4-11-23-14)20(29)26-12-5-8-17(26)19(28)25-16(21(30)31)6-2-3-10-22/h14-17,23H,2-13,22H2,1H3,(H,24,27)(H,25,28)(H,30,31). The summed E-state index contributed by atoms with van der Waals surface area (Å²) in [5.41, 5.74) is 5.47. The van der Waals surface area contributed by atoms with E-state index in [1.165, 1.54) is 4.90 Å². The van der Waals surface area contributed by atoms with Crippen molar-refractivity contribution in [1.82, 2.24) is 20.9 Å². The number of hydrogen-bond donors (Lipinski definition) is 5. The van der Waals surface area contributed by atoms with Crippen LogP contribution < -0.4 is 21.7 Å². The number of carboxylic acids is 1. The van der Waals surface area contributed by atoms with Gasteiger partial charge in [-0.2, -0.15) is 11.8 Å². The number of amides is 3. The molecule has 2 aliphatic rings. The summed E-state index contributed by atoms with van der Waals surface area (Å²) in [4.78, 5) is 51.8. The minimum atomic E-state index is -1.10. The van der Waals surface area contributed by atoms with Gasteiger partial charge >= 0.3 is 5.97 Å². The van der Waals surface area contributed by atoms with Gasteiger partial charge in [-0.05, 0) is 76.5 Å². The predicted molar refractivity (Wildman–Crippen MR) is 123 cm³/mol. The molecule has 182 valence electrons. The first kappa shape index (κ1) is 26.4. The third-order valence-electron chi connectivity index (χ3n) is 6.00. The molecule has 4 atom stereocenters. The second-order valence-electron chi connectivity index (χ2n) is 8.37. The highest BCUT2D eigenvalue weighted by molar-refractivity contribution is 7.98. The lowest BCUT2D eigenvalue weighted by Crippen LogP contribution is -2.56. The van der Waals surface area contributed by atoms with Crippen molar-refractivity contribution < 1.29 is 24.3 Å². The van der Waals surface area contributed by atoms with Crippen LogP contribution in [0.25, 0.3) is 0 Å².